The van der Waals surface area contributed by atoms with Crippen LogP contribution in [-0.4, -0.2) is 30.6 Å². The van der Waals surface area contributed by atoms with E-state index < -0.39 is 5.82 Å². The third-order valence-electron chi connectivity index (χ3n) is 3.78. The van der Waals surface area contributed by atoms with Gasteiger partial charge in [0.05, 0.1) is 12.1 Å². The van der Waals surface area contributed by atoms with Crippen molar-refractivity contribution >= 4 is 11.6 Å². The molecule has 1 amide bonds. The van der Waals surface area contributed by atoms with Gasteiger partial charge in [-0.1, -0.05) is 5.16 Å². The largest absolute Gasteiger partial charge is 0.345 e. The maximum atomic E-state index is 12.9. The number of benzene rings is 1. The summed E-state index contributed by atoms with van der Waals surface area (Å²) in [6.07, 6.45) is 1.78. The fourth-order valence-corrected chi connectivity index (χ4v) is 2.52. The molecule has 8 nitrogen and oxygen atoms in total. The number of halogens is 1. The number of pyridine rings is 1. The van der Waals surface area contributed by atoms with E-state index in [0.29, 0.717) is 34.3 Å². The lowest BCUT2D eigenvalue weighted by atomic mass is 10.2. The highest BCUT2D eigenvalue weighted by atomic mass is 19.1. The van der Waals surface area contributed by atoms with Crippen LogP contribution in [0, 0.1) is 12.7 Å². The molecule has 26 heavy (non-hydrogen) atoms. The van der Waals surface area contributed by atoms with Crippen LogP contribution in [0.3, 0.4) is 0 Å². The summed E-state index contributed by atoms with van der Waals surface area (Å²) in [6, 6.07) is 8.92. The number of hydrogen-bond donors (Lipinski definition) is 1. The van der Waals surface area contributed by atoms with E-state index in [2.05, 4.69) is 25.7 Å². The molecule has 130 valence electrons. The van der Waals surface area contributed by atoms with Gasteiger partial charge in [0.2, 0.25) is 0 Å². The van der Waals surface area contributed by atoms with Crippen molar-refractivity contribution in [3.05, 3.63) is 65.6 Å². The second-order valence-electron chi connectivity index (χ2n) is 5.57. The first kappa shape index (κ1) is 15.9. The van der Waals surface area contributed by atoms with Crippen molar-refractivity contribution in [1.82, 2.24) is 30.1 Å². The summed E-state index contributed by atoms with van der Waals surface area (Å²) < 4.78 is 19.9. The third kappa shape index (κ3) is 2.90. The van der Waals surface area contributed by atoms with Gasteiger partial charge in [-0.2, -0.15) is 4.98 Å². The smallest absolute Gasteiger partial charge is 0.261 e. The highest BCUT2D eigenvalue weighted by molar-refractivity contribution is 5.94. The molecule has 0 fully saturated rings. The number of nitrogens with one attached hydrogen (secondary N) is 1. The van der Waals surface area contributed by atoms with E-state index in [1.807, 2.05) is 0 Å². The standard InChI is InChI=1S/C17H13FN6O2/c1-10-20-17(26-23-10)13-3-2-8-24-14(21-22-15(13)24)9-19-16(25)11-4-6-12(18)7-5-11/h2-8H,9H2,1H3,(H,19,25). The summed E-state index contributed by atoms with van der Waals surface area (Å²) in [4.78, 5) is 16.4. The van der Waals surface area contributed by atoms with Gasteiger partial charge < -0.3 is 9.84 Å². The van der Waals surface area contributed by atoms with Crippen LogP contribution in [0.1, 0.15) is 22.0 Å². The SMILES string of the molecule is Cc1noc(-c2cccn3c(CNC(=O)c4ccc(F)cc4)nnc23)n1. The average molecular weight is 352 g/mol. The lowest BCUT2D eigenvalue weighted by Crippen LogP contribution is -2.24. The van der Waals surface area contributed by atoms with Gasteiger partial charge in [-0.05, 0) is 43.3 Å². The Labute approximate surface area is 146 Å². The quantitative estimate of drug-likeness (QED) is 0.604. The Hall–Kier alpha value is -3.62. The number of carbonyl (C=O) groups excluding carboxylic acids is 1. The molecule has 9 heteroatoms. The van der Waals surface area contributed by atoms with Crippen molar-refractivity contribution in [1.29, 1.82) is 0 Å². The Morgan fingerprint density at radius 3 is 2.77 bits per heavy atom. The molecule has 1 N–H and O–H groups in total. The lowest BCUT2D eigenvalue weighted by Gasteiger charge is -2.05. The van der Waals surface area contributed by atoms with Crippen molar-refractivity contribution in [2.45, 2.75) is 13.5 Å². The van der Waals surface area contributed by atoms with Crippen LogP contribution in [0.25, 0.3) is 17.1 Å². The summed E-state index contributed by atoms with van der Waals surface area (Å²) in [7, 11) is 0. The predicted molar refractivity (Wildman–Crippen MR) is 88.6 cm³/mol. The van der Waals surface area contributed by atoms with Crippen LogP contribution >= 0.6 is 0 Å². The Balaban J connectivity index is 1.58. The zero-order chi connectivity index (χ0) is 18.1. The van der Waals surface area contributed by atoms with Gasteiger partial charge in [0.1, 0.15) is 5.82 Å². The molecule has 0 atom stereocenters. The summed E-state index contributed by atoms with van der Waals surface area (Å²) in [5.74, 6) is 0.684. The molecule has 0 aliphatic rings. The Bertz CT molecular complexity index is 1090. The highest BCUT2D eigenvalue weighted by Gasteiger charge is 2.15. The van der Waals surface area contributed by atoms with Gasteiger partial charge in [-0.25, -0.2) is 4.39 Å². The fourth-order valence-electron chi connectivity index (χ4n) is 2.52. The first-order valence-electron chi connectivity index (χ1n) is 7.79. The van der Waals surface area contributed by atoms with Crippen molar-refractivity contribution in [2.24, 2.45) is 0 Å². The molecular weight excluding hydrogens is 339 g/mol. The van der Waals surface area contributed by atoms with Crippen LogP contribution in [-0.2, 0) is 6.54 Å². The van der Waals surface area contributed by atoms with Crippen LogP contribution in [0.5, 0.6) is 0 Å². The van der Waals surface area contributed by atoms with E-state index >= 15 is 0 Å². The number of hydrogen-bond acceptors (Lipinski definition) is 6. The summed E-state index contributed by atoms with van der Waals surface area (Å²) in [5, 5.41) is 14.8. The minimum Gasteiger partial charge on any atom is -0.345 e. The first-order chi connectivity index (χ1) is 12.6. The Morgan fingerprint density at radius 2 is 2.04 bits per heavy atom. The van der Waals surface area contributed by atoms with Crippen LogP contribution in [0.2, 0.25) is 0 Å². The molecule has 0 aliphatic carbocycles. The normalized spacial score (nSPS) is 11.0. The number of nitrogens with zero attached hydrogens (tertiary/aromatic N) is 5. The Kier molecular flexibility index (Phi) is 3.88. The molecule has 0 bridgehead atoms. The molecule has 0 aliphatic heterocycles. The molecule has 3 aromatic heterocycles. The van der Waals surface area contributed by atoms with Crippen LogP contribution < -0.4 is 5.32 Å². The fraction of sp³-hybridized carbons (Fsp3) is 0.118. The van der Waals surface area contributed by atoms with E-state index in [4.69, 9.17) is 4.52 Å². The van der Waals surface area contributed by atoms with Gasteiger partial charge in [-0.15, -0.1) is 10.2 Å². The zero-order valence-corrected chi connectivity index (χ0v) is 13.7. The van der Waals surface area contributed by atoms with Crippen molar-refractivity contribution in [3.63, 3.8) is 0 Å². The molecule has 4 aromatic rings. The molecule has 1 aromatic carbocycles. The topological polar surface area (TPSA) is 98.2 Å². The van der Waals surface area contributed by atoms with Crippen molar-refractivity contribution < 1.29 is 13.7 Å². The molecule has 0 saturated carbocycles. The van der Waals surface area contributed by atoms with E-state index in [9.17, 15) is 9.18 Å². The van der Waals surface area contributed by atoms with Crippen molar-refractivity contribution in [3.8, 4) is 11.5 Å². The number of aryl methyl sites for hydroxylation is 1. The van der Waals surface area contributed by atoms with E-state index in [1.54, 1.807) is 29.7 Å². The van der Waals surface area contributed by atoms with E-state index in [0.717, 1.165) is 0 Å². The number of aromatic nitrogens is 5. The Morgan fingerprint density at radius 1 is 1.23 bits per heavy atom. The molecule has 4 rings (SSSR count). The van der Waals surface area contributed by atoms with Crippen molar-refractivity contribution in [2.75, 3.05) is 0 Å². The lowest BCUT2D eigenvalue weighted by molar-refractivity contribution is 0.0949. The minimum absolute atomic E-state index is 0.156. The van der Waals surface area contributed by atoms with Gasteiger partial charge in [0.15, 0.2) is 17.3 Å². The molecular formula is C17H13FN6O2. The third-order valence-corrected chi connectivity index (χ3v) is 3.78. The second-order valence-corrected chi connectivity index (χ2v) is 5.57. The second kappa shape index (κ2) is 6.36. The number of amides is 1. The molecule has 0 saturated heterocycles. The molecule has 0 unspecified atom stereocenters. The van der Waals surface area contributed by atoms with Gasteiger partial charge >= 0.3 is 0 Å². The predicted octanol–water partition coefficient (Wildman–Crippen LogP) is 2.16. The first-order valence-corrected chi connectivity index (χ1v) is 7.79. The average Bonchev–Trinajstić information content (AvgIpc) is 3.26. The summed E-state index contributed by atoms with van der Waals surface area (Å²) in [6.45, 7) is 1.89. The highest BCUT2D eigenvalue weighted by Crippen LogP contribution is 2.22. The van der Waals surface area contributed by atoms with E-state index in [-0.39, 0.29) is 12.5 Å². The summed E-state index contributed by atoms with van der Waals surface area (Å²) in [5.41, 5.74) is 1.56. The molecule has 3 heterocycles. The number of rotatable bonds is 4. The number of carbonyl (C=O) groups is 1. The number of fused-ring (bicyclic) bond motifs is 1. The van der Waals surface area contributed by atoms with Gasteiger partial charge in [0, 0.05) is 11.8 Å². The minimum atomic E-state index is -0.395. The van der Waals surface area contributed by atoms with Crippen LogP contribution in [0.15, 0.2) is 47.1 Å². The van der Waals surface area contributed by atoms with Gasteiger partial charge in [0.25, 0.3) is 11.8 Å². The maximum absolute atomic E-state index is 12.9. The van der Waals surface area contributed by atoms with E-state index in [1.165, 1.54) is 24.3 Å². The summed E-state index contributed by atoms with van der Waals surface area (Å²) >= 11 is 0. The monoisotopic (exact) mass is 352 g/mol. The molecule has 0 radical (unpaired) electrons. The zero-order valence-electron chi connectivity index (χ0n) is 13.7. The van der Waals surface area contributed by atoms with Crippen LogP contribution in [0.4, 0.5) is 4.39 Å². The maximum Gasteiger partial charge on any atom is 0.261 e. The molecule has 0 spiro atoms. The van der Waals surface area contributed by atoms with Gasteiger partial charge in [-0.3, -0.25) is 9.20 Å².